The molecule has 0 radical (unpaired) electrons. The van der Waals surface area contributed by atoms with Crippen LogP contribution in [-0.4, -0.2) is 36.2 Å². The fraction of sp³-hybridized carbons (Fsp3) is 0.192. The van der Waals surface area contributed by atoms with Crippen molar-refractivity contribution in [2.45, 2.75) is 12.5 Å². The Morgan fingerprint density at radius 1 is 0.871 bits per heavy atom. The molecule has 1 heterocycles. The van der Waals surface area contributed by atoms with E-state index in [4.69, 9.17) is 4.74 Å². The van der Waals surface area contributed by atoms with Crippen LogP contribution in [0.3, 0.4) is 0 Å². The van der Waals surface area contributed by atoms with E-state index in [0.717, 1.165) is 22.3 Å². The van der Waals surface area contributed by atoms with Crippen molar-refractivity contribution < 1.29 is 4.74 Å². The molecule has 0 spiro atoms. The van der Waals surface area contributed by atoms with Crippen molar-refractivity contribution in [1.29, 1.82) is 0 Å². The third-order valence-electron chi connectivity index (χ3n) is 5.31. The Labute approximate surface area is 184 Å². The third-order valence-corrected chi connectivity index (χ3v) is 5.31. The van der Waals surface area contributed by atoms with Crippen molar-refractivity contribution in [3.8, 4) is 0 Å². The van der Waals surface area contributed by atoms with Crippen molar-refractivity contribution in [3.05, 3.63) is 120 Å². The molecule has 0 fully saturated rings. The monoisotopic (exact) mass is 412 g/mol. The highest BCUT2D eigenvalue weighted by molar-refractivity contribution is 5.58. The quantitative estimate of drug-likeness (QED) is 0.318. The fourth-order valence-corrected chi connectivity index (χ4v) is 3.99. The number of ether oxygens (including phenoxy) is 1. The van der Waals surface area contributed by atoms with Crippen molar-refractivity contribution in [2.75, 3.05) is 19.8 Å². The lowest BCUT2D eigenvalue weighted by atomic mass is 9.77. The highest BCUT2D eigenvalue weighted by Gasteiger charge is 2.46. The molecule has 0 saturated heterocycles. The molecule has 5 heteroatoms. The average Bonchev–Trinajstić information content (AvgIpc) is 3.28. The van der Waals surface area contributed by atoms with E-state index in [1.54, 1.807) is 0 Å². The van der Waals surface area contributed by atoms with Crippen LogP contribution < -0.4 is 5.53 Å². The molecule has 4 rings (SSSR count). The van der Waals surface area contributed by atoms with Gasteiger partial charge in [0.2, 0.25) is 0 Å². The van der Waals surface area contributed by atoms with E-state index in [2.05, 4.69) is 100 Å². The highest BCUT2D eigenvalue weighted by Crippen LogP contribution is 2.42. The van der Waals surface area contributed by atoms with Crippen molar-refractivity contribution in [1.82, 2.24) is 15.7 Å². The predicted molar refractivity (Wildman–Crippen MR) is 125 cm³/mol. The van der Waals surface area contributed by atoms with Gasteiger partial charge in [0.25, 0.3) is 0 Å². The molecule has 0 aromatic heterocycles. The molecule has 1 aliphatic heterocycles. The topological polar surface area (TPSA) is 40.1 Å². The third kappa shape index (κ3) is 4.24. The minimum atomic E-state index is -0.630. The van der Waals surface area contributed by atoms with E-state index in [0.29, 0.717) is 19.8 Å². The molecule has 0 amide bonds. The Hall–Kier alpha value is -3.41. The van der Waals surface area contributed by atoms with E-state index in [9.17, 15) is 0 Å². The Bertz CT molecular complexity index is 909. The number of benzene rings is 3. The molecule has 31 heavy (non-hydrogen) atoms. The van der Waals surface area contributed by atoms with Crippen LogP contribution in [0.1, 0.15) is 23.6 Å². The first kappa shape index (κ1) is 20.8. The van der Waals surface area contributed by atoms with Crippen LogP contribution in [0.15, 0.2) is 108 Å². The zero-order chi connectivity index (χ0) is 21.5. The van der Waals surface area contributed by atoms with Crippen molar-refractivity contribution >= 4 is 6.34 Å². The number of hydrogen-bond donors (Lipinski definition) is 1. The molecule has 3 aromatic carbocycles. The van der Waals surface area contributed by atoms with Gasteiger partial charge in [-0.1, -0.05) is 108 Å². The van der Waals surface area contributed by atoms with E-state index >= 15 is 0 Å². The zero-order valence-corrected chi connectivity index (χ0v) is 17.8. The summed E-state index contributed by atoms with van der Waals surface area (Å²) < 4.78 is 5.78. The summed E-state index contributed by atoms with van der Waals surface area (Å²) in [5.74, 6) is 0. The van der Waals surface area contributed by atoms with Crippen LogP contribution in [0, 0.1) is 0 Å². The van der Waals surface area contributed by atoms with Gasteiger partial charge in [-0.25, -0.2) is 5.53 Å². The number of hydrazone groups is 1. The smallest absolute Gasteiger partial charge is 0.137 e. The standard InChI is InChI=1S/C26H28N4O/c1-22(2)20-31-19-18-29-21-27-28-30(29)26(23-12-6-3-7-13-23,24-14-8-4-9-15-24)25-16-10-5-11-17-25/h3-17,21,28H,1,18-20H2,2H3. The van der Waals surface area contributed by atoms with Crippen molar-refractivity contribution in [3.63, 3.8) is 0 Å². The van der Waals surface area contributed by atoms with Crippen LogP contribution >= 0.6 is 0 Å². The minimum Gasteiger partial charge on any atom is -0.375 e. The molecular weight excluding hydrogens is 384 g/mol. The first-order valence-corrected chi connectivity index (χ1v) is 10.5. The van der Waals surface area contributed by atoms with Crippen molar-refractivity contribution in [2.24, 2.45) is 5.10 Å². The Kier molecular flexibility index (Phi) is 6.46. The molecule has 158 valence electrons. The van der Waals surface area contributed by atoms with Gasteiger partial charge in [-0.05, 0) is 23.6 Å². The van der Waals surface area contributed by atoms with Crippen LogP contribution in [0.2, 0.25) is 0 Å². The minimum absolute atomic E-state index is 0.555. The van der Waals surface area contributed by atoms with Crippen LogP contribution in [0.25, 0.3) is 0 Å². The molecule has 1 N–H and O–H groups in total. The number of hydrazine groups is 2. The molecule has 1 aliphatic rings. The van der Waals surface area contributed by atoms with E-state index in [1.165, 1.54) is 0 Å². The molecule has 0 unspecified atom stereocenters. The Balaban J connectivity index is 1.81. The summed E-state index contributed by atoms with van der Waals surface area (Å²) in [6.45, 7) is 7.65. The summed E-state index contributed by atoms with van der Waals surface area (Å²) in [6, 6.07) is 31.6. The summed E-state index contributed by atoms with van der Waals surface area (Å²) in [7, 11) is 0. The molecule has 0 atom stereocenters. The summed E-state index contributed by atoms with van der Waals surface area (Å²) in [4.78, 5) is 0. The van der Waals surface area contributed by atoms with E-state index in [1.807, 2.05) is 31.5 Å². The fourth-order valence-electron chi connectivity index (χ4n) is 3.99. The highest BCUT2D eigenvalue weighted by atomic mass is 16.5. The number of rotatable bonds is 9. The molecule has 0 saturated carbocycles. The molecule has 0 bridgehead atoms. The second kappa shape index (κ2) is 9.60. The first-order valence-electron chi connectivity index (χ1n) is 10.5. The molecule has 0 aliphatic carbocycles. The lowest BCUT2D eigenvalue weighted by Gasteiger charge is -2.45. The number of nitrogens with zero attached hydrogens (tertiary/aromatic N) is 3. The maximum absolute atomic E-state index is 5.78. The van der Waals surface area contributed by atoms with Gasteiger partial charge < -0.3 is 4.74 Å². The van der Waals surface area contributed by atoms with Gasteiger partial charge in [0.15, 0.2) is 0 Å². The summed E-state index contributed by atoms with van der Waals surface area (Å²) in [6.07, 6.45) is 1.81. The number of nitrogens with one attached hydrogen (secondary N) is 1. The zero-order valence-electron chi connectivity index (χ0n) is 17.8. The second-order valence-corrected chi connectivity index (χ2v) is 7.64. The van der Waals surface area contributed by atoms with Crippen LogP contribution in [0.4, 0.5) is 0 Å². The van der Waals surface area contributed by atoms with Gasteiger partial charge in [0.05, 0.1) is 19.8 Å². The van der Waals surface area contributed by atoms with Gasteiger partial charge in [0, 0.05) is 0 Å². The Morgan fingerprint density at radius 2 is 1.35 bits per heavy atom. The lowest BCUT2D eigenvalue weighted by Crippen LogP contribution is -2.58. The molecule has 5 nitrogen and oxygen atoms in total. The maximum atomic E-state index is 5.78. The largest absolute Gasteiger partial charge is 0.375 e. The molecule has 3 aromatic rings. The van der Waals surface area contributed by atoms with E-state index < -0.39 is 5.54 Å². The second-order valence-electron chi connectivity index (χ2n) is 7.64. The normalized spacial score (nSPS) is 13.9. The lowest BCUT2D eigenvalue weighted by molar-refractivity contribution is -0.0633. The average molecular weight is 413 g/mol. The summed E-state index contributed by atoms with van der Waals surface area (Å²) in [5, 5.41) is 8.58. The SMILES string of the molecule is C=C(C)COCCN1C=NNN1C(c1ccccc1)(c1ccccc1)c1ccccc1. The molecular formula is C26H28N4O. The van der Waals surface area contributed by atoms with Gasteiger partial charge in [-0.3, -0.25) is 5.01 Å². The number of hydrogen-bond acceptors (Lipinski definition) is 5. The van der Waals surface area contributed by atoms with Crippen LogP contribution in [-0.2, 0) is 10.3 Å². The Morgan fingerprint density at radius 3 is 1.81 bits per heavy atom. The van der Waals surface area contributed by atoms with Crippen LogP contribution in [0.5, 0.6) is 0 Å². The maximum Gasteiger partial charge on any atom is 0.137 e. The van der Waals surface area contributed by atoms with Gasteiger partial charge in [0.1, 0.15) is 11.9 Å². The predicted octanol–water partition coefficient (Wildman–Crippen LogP) is 4.55. The summed E-state index contributed by atoms with van der Waals surface area (Å²) in [5.41, 5.74) is 7.04. The van der Waals surface area contributed by atoms with E-state index in [-0.39, 0.29) is 0 Å². The van der Waals surface area contributed by atoms with Gasteiger partial charge >= 0.3 is 0 Å². The summed E-state index contributed by atoms with van der Waals surface area (Å²) >= 11 is 0. The first-order chi connectivity index (χ1) is 15.2. The van der Waals surface area contributed by atoms with Gasteiger partial charge in [-0.2, -0.15) is 5.10 Å². The van der Waals surface area contributed by atoms with Gasteiger partial charge in [-0.15, -0.1) is 0 Å².